The van der Waals surface area contributed by atoms with Crippen molar-refractivity contribution in [3.63, 3.8) is 0 Å². The smallest absolute Gasteiger partial charge is 0.275 e. The van der Waals surface area contributed by atoms with Crippen LogP contribution in [0.15, 0.2) is 70.3 Å². The zero-order valence-electron chi connectivity index (χ0n) is 15.9. The van der Waals surface area contributed by atoms with Crippen LogP contribution in [0, 0.1) is 0 Å². The Balaban J connectivity index is 1.64. The van der Waals surface area contributed by atoms with Gasteiger partial charge in [-0.25, -0.2) is 4.68 Å². The summed E-state index contributed by atoms with van der Waals surface area (Å²) in [4.78, 5) is 31.1. The Morgan fingerprint density at radius 1 is 1.07 bits per heavy atom. The average molecular weight is 389 g/mol. The summed E-state index contributed by atoms with van der Waals surface area (Å²) in [7, 11) is 1.67. The van der Waals surface area contributed by atoms with Gasteiger partial charge in [0, 0.05) is 31.0 Å². The Hall–Kier alpha value is -3.81. The summed E-state index contributed by atoms with van der Waals surface area (Å²) >= 11 is 0. The highest BCUT2D eigenvalue weighted by Gasteiger charge is 2.16. The summed E-state index contributed by atoms with van der Waals surface area (Å²) in [5.74, 6) is 0.300. The molecule has 1 amide bonds. The number of hydrogen-bond acceptors (Lipinski definition) is 6. The van der Waals surface area contributed by atoms with Crippen molar-refractivity contribution in [3.05, 3.63) is 77.2 Å². The van der Waals surface area contributed by atoms with Gasteiger partial charge in [0.15, 0.2) is 5.82 Å². The summed E-state index contributed by atoms with van der Waals surface area (Å²) in [5, 5.41) is 9.55. The maximum Gasteiger partial charge on any atom is 0.275 e. The molecule has 0 aliphatic rings. The normalized spacial score (nSPS) is 10.9. The largest absolute Gasteiger partial charge is 0.344 e. The number of fused-ring (bicyclic) bond motifs is 1. The molecule has 8 heteroatoms. The highest BCUT2D eigenvalue weighted by molar-refractivity contribution is 5.93. The van der Waals surface area contributed by atoms with E-state index in [-0.39, 0.29) is 18.0 Å². The van der Waals surface area contributed by atoms with Gasteiger partial charge in [0.25, 0.3) is 5.56 Å². The van der Waals surface area contributed by atoms with Crippen molar-refractivity contribution in [3.8, 4) is 11.3 Å². The van der Waals surface area contributed by atoms with Crippen molar-refractivity contribution < 1.29 is 9.32 Å². The summed E-state index contributed by atoms with van der Waals surface area (Å²) < 4.78 is 5.93. The van der Waals surface area contributed by atoms with Crippen LogP contribution in [0.1, 0.15) is 5.82 Å². The molecule has 0 fully saturated rings. The molecule has 146 valence electrons. The van der Waals surface area contributed by atoms with E-state index in [0.717, 1.165) is 10.9 Å². The van der Waals surface area contributed by atoms with Gasteiger partial charge in [-0.15, -0.1) is 0 Å². The zero-order valence-corrected chi connectivity index (χ0v) is 15.9. The van der Waals surface area contributed by atoms with E-state index in [1.54, 1.807) is 13.1 Å². The molecule has 0 aliphatic heterocycles. The molecule has 2 aromatic carbocycles. The molecule has 29 heavy (non-hydrogen) atoms. The Labute approximate surface area is 166 Å². The van der Waals surface area contributed by atoms with Crippen molar-refractivity contribution in [2.24, 2.45) is 0 Å². The Bertz CT molecular complexity index is 1190. The number of aromatic nitrogens is 4. The van der Waals surface area contributed by atoms with Crippen LogP contribution < -0.4 is 5.56 Å². The van der Waals surface area contributed by atoms with E-state index >= 15 is 0 Å². The highest BCUT2D eigenvalue weighted by Crippen LogP contribution is 2.24. The predicted molar refractivity (Wildman–Crippen MR) is 107 cm³/mol. The second-order valence-electron chi connectivity index (χ2n) is 6.64. The summed E-state index contributed by atoms with van der Waals surface area (Å²) in [6.45, 7) is 0.262. The van der Waals surface area contributed by atoms with Crippen LogP contribution in [0.4, 0.5) is 0 Å². The predicted octanol–water partition coefficient (Wildman–Crippen LogP) is 2.15. The Kier molecular flexibility index (Phi) is 5.15. The van der Waals surface area contributed by atoms with Crippen LogP contribution in [0.2, 0.25) is 0 Å². The minimum absolute atomic E-state index is 0.147. The lowest BCUT2D eigenvalue weighted by atomic mass is 10.1. The van der Waals surface area contributed by atoms with Crippen LogP contribution >= 0.6 is 0 Å². The molecule has 2 aromatic heterocycles. The number of carbonyl (C=O) groups excluding carboxylic acids is 1. The van der Waals surface area contributed by atoms with Crippen LogP contribution in [0.5, 0.6) is 0 Å². The molecule has 0 bridgehead atoms. The maximum absolute atomic E-state index is 12.9. The standard InChI is InChI=1S/C21H19N5O3/c1-25(12-11-18-22-14-29-24-18)19(27)13-26-21(28)17-10-6-5-9-16(17)20(23-26)15-7-3-2-4-8-15/h2-10,14H,11-13H2,1H3. The third kappa shape index (κ3) is 3.91. The lowest BCUT2D eigenvalue weighted by Crippen LogP contribution is -2.36. The van der Waals surface area contributed by atoms with Crippen LogP contribution in [0.3, 0.4) is 0 Å². The molecule has 0 spiro atoms. The average Bonchev–Trinajstić information content (AvgIpc) is 3.28. The van der Waals surface area contributed by atoms with Crippen molar-refractivity contribution in [1.29, 1.82) is 0 Å². The molecular weight excluding hydrogens is 370 g/mol. The molecule has 0 N–H and O–H groups in total. The van der Waals surface area contributed by atoms with Crippen molar-refractivity contribution >= 4 is 16.7 Å². The van der Waals surface area contributed by atoms with Crippen LogP contribution in [-0.2, 0) is 17.8 Å². The molecule has 2 heterocycles. The first-order valence-electron chi connectivity index (χ1n) is 9.18. The van der Waals surface area contributed by atoms with Gasteiger partial charge in [0.05, 0.1) is 11.1 Å². The minimum Gasteiger partial charge on any atom is -0.344 e. The lowest BCUT2D eigenvalue weighted by Gasteiger charge is -2.17. The number of rotatable bonds is 6. The number of benzene rings is 2. The first kappa shape index (κ1) is 18.5. The molecule has 4 aromatic rings. The lowest BCUT2D eigenvalue weighted by molar-refractivity contribution is -0.130. The Morgan fingerprint density at radius 2 is 1.79 bits per heavy atom. The van der Waals surface area contributed by atoms with E-state index < -0.39 is 0 Å². The molecule has 0 unspecified atom stereocenters. The number of hydrogen-bond donors (Lipinski definition) is 0. The third-order valence-electron chi connectivity index (χ3n) is 4.70. The van der Waals surface area contributed by atoms with E-state index in [2.05, 4.69) is 15.2 Å². The van der Waals surface area contributed by atoms with Crippen molar-refractivity contribution in [2.75, 3.05) is 13.6 Å². The van der Waals surface area contributed by atoms with E-state index in [0.29, 0.717) is 29.9 Å². The summed E-state index contributed by atoms with van der Waals surface area (Å²) in [6, 6.07) is 16.9. The number of carbonyl (C=O) groups is 1. The highest BCUT2D eigenvalue weighted by atomic mass is 16.5. The van der Waals surface area contributed by atoms with E-state index in [1.165, 1.54) is 16.0 Å². The molecule has 4 rings (SSSR count). The SMILES string of the molecule is CN(CCc1ncon1)C(=O)Cn1nc(-c2ccccc2)c2ccccc2c1=O. The Morgan fingerprint density at radius 3 is 2.52 bits per heavy atom. The summed E-state index contributed by atoms with van der Waals surface area (Å²) in [5.41, 5.74) is 1.26. The molecule has 8 nitrogen and oxygen atoms in total. The monoisotopic (exact) mass is 389 g/mol. The van der Waals surface area contributed by atoms with Gasteiger partial charge < -0.3 is 9.42 Å². The number of likely N-dealkylation sites (N-methyl/N-ethyl adjacent to an activating group) is 1. The van der Waals surface area contributed by atoms with Gasteiger partial charge in [0.1, 0.15) is 6.54 Å². The molecule has 0 saturated carbocycles. The van der Waals surface area contributed by atoms with Gasteiger partial charge in [-0.05, 0) is 6.07 Å². The number of nitrogens with zero attached hydrogens (tertiary/aromatic N) is 5. The molecule has 0 aliphatic carbocycles. The molecule has 0 saturated heterocycles. The van der Waals surface area contributed by atoms with E-state index in [4.69, 9.17) is 4.52 Å². The fourth-order valence-corrected chi connectivity index (χ4v) is 3.10. The van der Waals surface area contributed by atoms with E-state index in [9.17, 15) is 9.59 Å². The topological polar surface area (TPSA) is 94.1 Å². The van der Waals surface area contributed by atoms with E-state index in [1.807, 2.05) is 48.5 Å². The van der Waals surface area contributed by atoms with Gasteiger partial charge in [-0.2, -0.15) is 10.1 Å². The van der Waals surface area contributed by atoms with Crippen molar-refractivity contribution in [2.45, 2.75) is 13.0 Å². The minimum atomic E-state index is -0.291. The van der Waals surface area contributed by atoms with Crippen LogP contribution in [0.25, 0.3) is 22.0 Å². The first-order chi connectivity index (χ1) is 14.1. The first-order valence-corrected chi connectivity index (χ1v) is 9.18. The number of amides is 1. The van der Waals surface area contributed by atoms with Crippen molar-refractivity contribution in [1.82, 2.24) is 24.8 Å². The maximum atomic E-state index is 12.9. The fourth-order valence-electron chi connectivity index (χ4n) is 3.10. The van der Waals surface area contributed by atoms with Gasteiger partial charge in [0.2, 0.25) is 12.3 Å². The van der Waals surface area contributed by atoms with Gasteiger partial charge >= 0.3 is 0 Å². The third-order valence-corrected chi connectivity index (χ3v) is 4.70. The van der Waals surface area contributed by atoms with Crippen LogP contribution in [-0.4, -0.2) is 44.3 Å². The van der Waals surface area contributed by atoms with Gasteiger partial charge in [-0.1, -0.05) is 53.7 Å². The summed E-state index contributed by atoms with van der Waals surface area (Å²) in [6.07, 6.45) is 1.72. The zero-order chi connectivity index (χ0) is 20.2. The second-order valence-corrected chi connectivity index (χ2v) is 6.64. The van der Waals surface area contributed by atoms with Gasteiger partial charge in [-0.3, -0.25) is 9.59 Å². The molecule has 0 atom stereocenters. The molecular formula is C21H19N5O3. The quantitative estimate of drug-likeness (QED) is 0.502. The molecule has 0 radical (unpaired) electrons. The second kappa shape index (κ2) is 8.05. The fraction of sp³-hybridized carbons (Fsp3) is 0.190.